The van der Waals surface area contributed by atoms with E-state index in [-0.39, 0.29) is 11.7 Å². The molecule has 2 aliphatic heterocycles. The number of likely N-dealkylation sites (tertiary alicyclic amines) is 1. The van der Waals surface area contributed by atoms with Gasteiger partial charge in [-0.3, -0.25) is 14.7 Å². The molecule has 0 unspecified atom stereocenters. The van der Waals surface area contributed by atoms with E-state index in [1.165, 1.54) is 12.1 Å². The average Bonchev–Trinajstić information content (AvgIpc) is 3.06. The van der Waals surface area contributed by atoms with Gasteiger partial charge >= 0.3 is 0 Å². The first-order valence-corrected chi connectivity index (χ1v) is 10.5. The molecule has 5 nitrogen and oxygen atoms in total. The highest BCUT2D eigenvalue weighted by Gasteiger charge is 2.49. The number of carbonyl (C=O) groups excluding carboxylic acids is 1. The van der Waals surface area contributed by atoms with Crippen molar-refractivity contribution in [3.05, 3.63) is 65.5 Å². The maximum absolute atomic E-state index is 13.6. The van der Waals surface area contributed by atoms with Gasteiger partial charge in [-0.1, -0.05) is 19.1 Å². The van der Waals surface area contributed by atoms with E-state index in [0.29, 0.717) is 34.9 Å². The SMILES string of the molecule is CCN1CCC2(CC1)N=C(c1ccc(F)cc1)C(=S)N2C(=O)c1ccc(OC)cc1. The molecule has 1 saturated heterocycles. The van der Waals surface area contributed by atoms with Gasteiger partial charge in [-0.15, -0.1) is 0 Å². The van der Waals surface area contributed by atoms with Gasteiger partial charge in [0.1, 0.15) is 27.9 Å². The number of benzene rings is 2. The van der Waals surface area contributed by atoms with Gasteiger partial charge in [0.25, 0.3) is 5.91 Å². The van der Waals surface area contributed by atoms with Crippen molar-refractivity contribution in [2.24, 2.45) is 4.99 Å². The van der Waals surface area contributed by atoms with Gasteiger partial charge in [-0.05, 0) is 55.1 Å². The predicted molar refractivity (Wildman–Crippen MR) is 119 cm³/mol. The average molecular weight is 426 g/mol. The number of nitrogens with zero attached hydrogens (tertiary/aromatic N) is 3. The normalized spacial score (nSPS) is 18.6. The van der Waals surface area contributed by atoms with Crippen LogP contribution in [0.2, 0.25) is 0 Å². The summed E-state index contributed by atoms with van der Waals surface area (Å²) < 4.78 is 18.6. The fraction of sp³-hybridized carbons (Fsp3) is 0.348. The molecule has 156 valence electrons. The fourth-order valence-corrected chi connectivity index (χ4v) is 4.52. The number of piperidine rings is 1. The van der Waals surface area contributed by atoms with E-state index in [1.807, 2.05) is 0 Å². The Kier molecular flexibility index (Phi) is 5.66. The number of halogens is 1. The minimum Gasteiger partial charge on any atom is -0.497 e. The van der Waals surface area contributed by atoms with Gasteiger partial charge < -0.3 is 9.64 Å². The first kappa shape index (κ1) is 20.6. The van der Waals surface area contributed by atoms with Crippen molar-refractivity contribution in [1.29, 1.82) is 0 Å². The Morgan fingerprint density at radius 1 is 1.13 bits per heavy atom. The molecule has 2 heterocycles. The van der Waals surface area contributed by atoms with Crippen molar-refractivity contribution in [2.45, 2.75) is 25.4 Å². The fourth-order valence-electron chi connectivity index (χ4n) is 4.10. The smallest absolute Gasteiger partial charge is 0.260 e. The Morgan fingerprint density at radius 3 is 2.33 bits per heavy atom. The Morgan fingerprint density at radius 2 is 1.77 bits per heavy atom. The lowest BCUT2D eigenvalue weighted by Gasteiger charge is -2.42. The number of thiocarbonyl (C=S) groups is 1. The molecular weight excluding hydrogens is 401 g/mol. The van der Waals surface area contributed by atoms with Gasteiger partial charge in [0.05, 0.1) is 7.11 Å². The Bertz CT molecular complexity index is 981. The van der Waals surface area contributed by atoms with E-state index in [2.05, 4.69) is 11.8 Å². The van der Waals surface area contributed by atoms with Crippen molar-refractivity contribution in [1.82, 2.24) is 9.80 Å². The lowest BCUT2D eigenvalue weighted by atomic mass is 9.95. The Hall–Kier alpha value is -2.64. The molecule has 1 spiro atoms. The molecule has 4 rings (SSSR count). The third kappa shape index (κ3) is 3.63. The van der Waals surface area contributed by atoms with Crippen molar-refractivity contribution in [3.8, 4) is 5.75 Å². The summed E-state index contributed by atoms with van der Waals surface area (Å²) >= 11 is 5.76. The van der Waals surface area contributed by atoms with E-state index in [1.54, 1.807) is 48.4 Å². The Labute approximate surface area is 181 Å². The molecule has 1 fully saturated rings. The molecule has 0 aliphatic carbocycles. The summed E-state index contributed by atoms with van der Waals surface area (Å²) in [5.74, 6) is 0.193. The Balaban J connectivity index is 1.72. The molecule has 30 heavy (non-hydrogen) atoms. The molecule has 2 aromatic carbocycles. The molecule has 2 aliphatic rings. The van der Waals surface area contributed by atoms with Crippen LogP contribution in [0.4, 0.5) is 4.39 Å². The van der Waals surface area contributed by atoms with Gasteiger partial charge in [0.2, 0.25) is 0 Å². The molecule has 7 heteroatoms. The number of aliphatic imine (C=N–C) groups is 1. The van der Waals surface area contributed by atoms with Crippen molar-refractivity contribution < 1.29 is 13.9 Å². The number of carbonyl (C=O) groups is 1. The first-order chi connectivity index (χ1) is 14.5. The van der Waals surface area contributed by atoms with Crippen LogP contribution in [0.5, 0.6) is 5.75 Å². The molecule has 0 saturated carbocycles. The maximum Gasteiger partial charge on any atom is 0.260 e. The van der Waals surface area contributed by atoms with Crippen LogP contribution in [0.3, 0.4) is 0 Å². The second-order valence-corrected chi connectivity index (χ2v) is 7.94. The van der Waals surface area contributed by atoms with Crippen LogP contribution in [0.1, 0.15) is 35.7 Å². The van der Waals surface area contributed by atoms with Crippen LogP contribution in [-0.4, -0.2) is 58.8 Å². The molecule has 0 bridgehead atoms. The molecule has 0 aromatic heterocycles. The summed E-state index contributed by atoms with van der Waals surface area (Å²) in [6, 6.07) is 13.1. The zero-order valence-electron chi connectivity index (χ0n) is 17.1. The summed E-state index contributed by atoms with van der Waals surface area (Å²) in [7, 11) is 1.59. The van der Waals surface area contributed by atoms with Crippen LogP contribution in [0.15, 0.2) is 53.5 Å². The van der Waals surface area contributed by atoms with Crippen LogP contribution in [-0.2, 0) is 0 Å². The topological polar surface area (TPSA) is 45.1 Å². The summed E-state index contributed by atoms with van der Waals surface area (Å²) in [6.07, 6.45) is 1.40. The predicted octanol–water partition coefficient (Wildman–Crippen LogP) is 3.92. The number of hydrogen-bond donors (Lipinski definition) is 0. The first-order valence-electron chi connectivity index (χ1n) is 10.1. The van der Waals surface area contributed by atoms with Crippen molar-refractivity contribution in [2.75, 3.05) is 26.7 Å². The van der Waals surface area contributed by atoms with Gasteiger partial charge in [-0.25, -0.2) is 4.39 Å². The zero-order valence-corrected chi connectivity index (χ0v) is 17.9. The quantitative estimate of drug-likeness (QED) is 0.697. The van der Waals surface area contributed by atoms with E-state index in [4.69, 9.17) is 21.9 Å². The monoisotopic (exact) mass is 425 g/mol. The minimum atomic E-state index is -0.705. The number of ether oxygens (including phenoxy) is 1. The van der Waals surface area contributed by atoms with Gasteiger partial charge in [0, 0.05) is 37.1 Å². The molecular formula is C23H24FN3O2S. The molecule has 0 atom stereocenters. The van der Waals surface area contributed by atoms with Crippen LogP contribution in [0.25, 0.3) is 0 Å². The summed E-state index contributed by atoms with van der Waals surface area (Å²) in [5.41, 5.74) is 1.13. The largest absolute Gasteiger partial charge is 0.497 e. The summed E-state index contributed by atoms with van der Waals surface area (Å²) in [5, 5.41) is 0. The highest BCUT2D eigenvalue weighted by atomic mass is 32.1. The van der Waals surface area contributed by atoms with Crippen molar-refractivity contribution in [3.63, 3.8) is 0 Å². The van der Waals surface area contributed by atoms with Crippen molar-refractivity contribution >= 4 is 28.8 Å². The lowest BCUT2D eigenvalue weighted by molar-refractivity contribution is 0.0544. The number of hydrogen-bond acceptors (Lipinski definition) is 5. The molecule has 0 radical (unpaired) electrons. The van der Waals surface area contributed by atoms with E-state index >= 15 is 0 Å². The standard InChI is InChI=1S/C23H24FN3O2S/c1-3-26-14-12-23(13-15-26)25-20(16-4-8-18(24)9-5-16)22(30)27(23)21(28)17-6-10-19(29-2)11-7-17/h4-11H,3,12-15H2,1-2H3. The van der Waals surface area contributed by atoms with Crippen LogP contribution >= 0.6 is 12.2 Å². The van der Waals surface area contributed by atoms with E-state index in [0.717, 1.165) is 25.2 Å². The molecule has 1 amide bonds. The number of methoxy groups -OCH3 is 1. The third-order valence-corrected chi connectivity index (χ3v) is 6.28. The summed E-state index contributed by atoms with van der Waals surface area (Å²) in [4.78, 5) is 23.0. The highest BCUT2D eigenvalue weighted by Crippen LogP contribution is 2.38. The minimum absolute atomic E-state index is 0.173. The molecule has 0 N–H and O–H groups in total. The second kappa shape index (κ2) is 8.24. The van der Waals surface area contributed by atoms with Crippen LogP contribution in [0, 0.1) is 5.82 Å². The number of amides is 1. The molecule has 2 aromatic rings. The number of rotatable bonds is 4. The van der Waals surface area contributed by atoms with Crippen LogP contribution < -0.4 is 4.74 Å². The van der Waals surface area contributed by atoms with E-state index in [9.17, 15) is 9.18 Å². The zero-order chi connectivity index (χ0) is 21.3. The van der Waals surface area contributed by atoms with E-state index < -0.39 is 5.66 Å². The lowest BCUT2D eigenvalue weighted by Crippen LogP contribution is -2.55. The second-order valence-electron chi connectivity index (χ2n) is 7.56. The third-order valence-electron chi connectivity index (χ3n) is 5.90. The van der Waals surface area contributed by atoms with Gasteiger partial charge in [0.15, 0.2) is 0 Å². The summed E-state index contributed by atoms with van der Waals surface area (Å²) in [6.45, 7) is 4.77. The van der Waals surface area contributed by atoms with Gasteiger partial charge in [-0.2, -0.15) is 0 Å². The highest BCUT2D eigenvalue weighted by molar-refractivity contribution is 7.82. The maximum atomic E-state index is 13.6.